The second-order valence-electron chi connectivity index (χ2n) is 3.68. The highest BCUT2D eigenvalue weighted by Gasteiger charge is 2.13. The van der Waals surface area contributed by atoms with Gasteiger partial charge in [-0.05, 0) is 42.5 Å². The molecule has 0 atom stereocenters. The first-order valence-electron chi connectivity index (χ1n) is 5.11. The average molecular weight is 283 g/mol. The molecule has 2 rings (SSSR count). The molecule has 0 unspecified atom stereocenters. The second kappa shape index (κ2) is 4.88. The zero-order valence-electron chi connectivity index (χ0n) is 9.30. The molecule has 0 aliphatic rings. The number of nitrogen functional groups attached to an aromatic ring is 1. The van der Waals surface area contributed by atoms with Crippen LogP contribution in [0.25, 0.3) is 0 Å². The summed E-state index contributed by atoms with van der Waals surface area (Å²) in [4.78, 5) is 0.148. The predicted octanol–water partition coefficient (Wildman–Crippen LogP) is 2.72. The Kier molecular flexibility index (Phi) is 3.45. The molecule has 0 fully saturated rings. The minimum absolute atomic E-state index is 0.148. The van der Waals surface area contributed by atoms with Crippen molar-refractivity contribution in [3.63, 3.8) is 0 Å². The van der Waals surface area contributed by atoms with Gasteiger partial charge in [0, 0.05) is 10.7 Å². The van der Waals surface area contributed by atoms with E-state index in [2.05, 4.69) is 4.72 Å². The average Bonchev–Trinajstić information content (AvgIpc) is 2.29. The van der Waals surface area contributed by atoms with Crippen LogP contribution in [-0.4, -0.2) is 8.42 Å². The first-order valence-corrected chi connectivity index (χ1v) is 6.97. The molecule has 2 aromatic rings. The van der Waals surface area contributed by atoms with E-state index in [-0.39, 0.29) is 4.90 Å². The lowest BCUT2D eigenvalue weighted by Crippen LogP contribution is -2.12. The Labute approximate surface area is 110 Å². The van der Waals surface area contributed by atoms with Crippen molar-refractivity contribution in [1.29, 1.82) is 0 Å². The highest BCUT2D eigenvalue weighted by molar-refractivity contribution is 7.92. The largest absolute Gasteiger partial charge is 0.399 e. The first-order chi connectivity index (χ1) is 8.47. The molecular formula is C12H11ClN2O2S. The zero-order valence-corrected chi connectivity index (χ0v) is 10.9. The monoisotopic (exact) mass is 282 g/mol. The standard InChI is InChI=1S/C12H11ClN2O2S/c13-9-4-6-12(7-5-9)18(16,17)15-11-3-1-2-10(14)8-11/h1-8,15H,14H2. The Morgan fingerprint density at radius 1 is 1.06 bits per heavy atom. The van der Waals surface area contributed by atoms with Gasteiger partial charge in [0.25, 0.3) is 10.0 Å². The van der Waals surface area contributed by atoms with Crippen LogP contribution in [0.4, 0.5) is 11.4 Å². The molecule has 0 aromatic heterocycles. The van der Waals surface area contributed by atoms with E-state index < -0.39 is 10.0 Å². The van der Waals surface area contributed by atoms with Crippen molar-refractivity contribution in [3.05, 3.63) is 53.6 Å². The number of hydrogen-bond acceptors (Lipinski definition) is 3. The molecule has 0 aliphatic heterocycles. The summed E-state index contributed by atoms with van der Waals surface area (Å²) >= 11 is 5.71. The van der Waals surface area contributed by atoms with E-state index in [0.29, 0.717) is 16.4 Å². The topological polar surface area (TPSA) is 72.2 Å². The molecule has 0 amide bonds. The van der Waals surface area contributed by atoms with Crippen LogP contribution in [-0.2, 0) is 10.0 Å². The van der Waals surface area contributed by atoms with Crippen molar-refractivity contribution in [2.45, 2.75) is 4.90 Å². The number of sulfonamides is 1. The van der Waals surface area contributed by atoms with Gasteiger partial charge in [-0.25, -0.2) is 8.42 Å². The molecular weight excluding hydrogens is 272 g/mol. The Bertz CT molecular complexity index is 654. The van der Waals surface area contributed by atoms with E-state index in [9.17, 15) is 8.42 Å². The molecule has 4 nitrogen and oxygen atoms in total. The van der Waals surface area contributed by atoms with E-state index in [1.165, 1.54) is 24.3 Å². The van der Waals surface area contributed by atoms with Crippen LogP contribution in [0.5, 0.6) is 0 Å². The third-order valence-corrected chi connectivity index (χ3v) is 3.91. The SMILES string of the molecule is Nc1cccc(NS(=O)(=O)c2ccc(Cl)cc2)c1. The molecule has 94 valence electrons. The number of hydrogen-bond donors (Lipinski definition) is 2. The van der Waals surface area contributed by atoms with Gasteiger partial charge in [0.15, 0.2) is 0 Å². The van der Waals surface area contributed by atoms with Gasteiger partial charge in [-0.3, -0.25) is 4.72 Å². The van der Waals surface area contributed by atoms with Gasteiger partial charge in [0.1, 0.15) is 0 Å². The summed E-state index contributed by atoms with van der Waals surface area (Å²) in [5.41, 5.74) is 6.50. The quantitative estimate of drug-likeness (QED) is 0.850. The van der Waals surface area contributed by atoms with Crippen molar-refractivity contribution in [3.8, 4) is 0 Å². The van der Waals surface area contributed by atoms with E-state index >= 15 is 0 Å². The maximum absolute atomic E-state index is 12.0. The lowest BCUT2D eigenvalue weighted by Gasteiger charge is -2.08. The molecule has 0 heterocycles. The smallest absolute Gasteiger partial charge is 0.261 e. The first kappa shape index (κ1) is 12.7. The maximum atomic E-state index is 12.0. The summed E-state index contributed by atoms with van der Waals surface area (Å²) in [6.45, 7) is 0. The number of benzene rings is 2. The van der Waals surface area contributed by atoms with Crippen LogP contribution in [0, 0.1) is 0 Å². The van der Waals surface area contributed by atoms with Crippen LogP contribution < -0.4 is 10.5 Å². The summed E-state index contributed by atoms with van der Waals surface area (Å²) < 4.78 is 26.5. The maximum Gasteiger partial charge on any atom is 0.261 e. The number of nitrogens with one attached hydrogen (secondary N) is 1. The van der Waals surface area contributed by atoms with Gasteiger partial charge in [-0.15, -0.1) is 0 Å². The minimum Gasteiger partial charge on any atom is -0.399 e. The third kappa shape index (κ3) is 2.94. The predicted molar refractivity (Wildman–Crippen MR) is 73.1 cm³/mol. The zero-order chi connectivity index (χ0) is 13.2. The van der Waals surface area contributed by atoms with E-state index in [1.807, 2.05) is 0 Å². The third-order valence-electron chi connectivity index (χ3n) is 2.26. The molecule has 2 aromatic carbocycles. The molecule has 0 bridgehead atoms. The fourth-order valence-corrected chi connectivity index (χ4v) is 2.61. The van der Waals surface area contributed by atoms with Gasteiger partial charge < -0.3 is 5.73 Å². The van der Waals surface area contributed by atoms with Crippen LogP contribution in [0.15, 0.2) is 53.4 Å². The van der Waals surface area contributed by atoms with Gasteiger partial charge >= 0.3 is 0 Å². The summed E-state index contributed by atoms with van der Waals surface area (Å²) in [5.74, 6) is 0. The van der Waals surface area contributed by atoms with Crippen LogP contribution in [0.2, 0.25) is 5.02 Å². The Hall–Kier alpha value is -1.72. The van der Waals surface area contributed by atoms with Crippen molar-refractivity contribution < 1.29 is 8.42 Å². The lowest BCUT2D eigenvalue weighted by molar-refractivity contribution is 0.601. The van der Waals surface area contributed by atoms with Gasteiger partial charge in [0.2, 0.25) is 0 Å². The lowest BCUT2D eigenvalue weighted by atomic mass is 10.3. The second-order valence-corrected chi connectivity index (χ2v) is 5.80. The van der Waals surface area contributed by atoms with E-state index in [1.54, 1.807) is 24.3 Å². The van der Waals surface area contributed by atoms with Crippen LogP contribution >= 0.6 is 11.6 Å². The van der Waals surface area contributed by atoms with Crippen molar-refractivity contribution in [2.24, 2.45) is 0 Å². The number of rotatable bonds is 3. The van der Waals surface area contributed by atoms with Crippen LogP contribution in [0.3, 0.4) is 0 Å². The fourth-order valence-electron chi connectivity index (χ4n) is 1.43. The minimum atomic E-state index is -3.61. The normalized spacial score (nSPS) is 11.2. The van der Waals surface area contributed by atoms with Crippen molar-refractivity contribution in [1.82, 2.24) is 0 Å². The molecule has 0 spiro atoms. The number of anilines is 2. The molecule has 6 heteroatoms. The Morgan fingerprint density at radius 3 is 2.33 bits per heavy atom. The molecule has 3 N–H and O–H groups in total. The molecule has 0 saturated heterocycles. The number of nitrogens with two attached hydrogens (primary N) is 1. The Morgan fingerprint density at radius 2 is 1.72 bits per heavy atom. The highest BCUT2D eigenvalue weighted by Crippen LogP contribution is 2.19. The molecule has 0 radical (unpaired) electrons. The van der Waals surface area contributed by atoms with Gasteiger partial charge in [-0.2, -0.15) is 0 Å². The summed E-state index contributed by atoms with van der Waals surface area (Å²) in [6, 6.07) is 12.5. The van der Waals surface area contributed by atoms with Crippen LogP contribution in [0.1, 0.15) is 0 Å². The number of halogens is 1. The summed E-state index contributed by atoms with van der Waals surface area (Å²) in [6.07, 6.45) is 0. The molecule has 0 aliphatic carbocycles. The summed E-state index contributed by atoms with van der Waals surface area (Å²) in [5, 5.41) is 0.484. The van der Waals surface area contributed by atoms with Crippen molar-refractivity contribution >= 4 is 33.0 Å². The van der Waals surface area contributed by atoms with Gasteiger partial charge in [-0.1, -0.05) is 17.7 Å². The molecule has 0 saturated carbocycles. The van der Waals surface area contributed by atoms with E-state index in [0.717, 1.165) is 0 Å². The molecule has 18 heavy (non-hydrogen) atoms. The summed E-state index contributed by atoms with van der Waals surface area (Å²) in [7, 11) is -3.61. The Balaban J connectivity index is 2.30. The van der Waals surface area contributed by atoms with Crippen molar-refractivity contribution in [2.75, 3.05) is 10.5 Å². The highest BCUT2D eigenvalue weighted by atomic mass is 35.5. The fraction of sp³-hybridized carbons (Fsp3) is 0. The van der Waals surface area contributed by atoms with Gasteiger partial charge in [0.05, 0.1) is 10.6 Å². The van der Waals surface area contributed by atoms with E-state index in [4.69, 9.17) is 17.3 Å².